The van der Waals surface area contributed by atoms with Crippen molar-refractivity contribution in [3.8, 4) is 5.75 Å². The number of aromatic nitrogens is 1. The third-order valence-corrected chi connectivity index (χ3v) is 3.67. The lowest BCUT2D eigenvalue weighted by molar-refractivity contribution is 0.102. The lowest BCUT2D eigenvalue weighted by Crippen LogP contribution is -2.18. The van der Waals surface area contributed by atoms with Crippen molar-refractivity contribution in [3.63, 3.8) is 0 Å². The third kappa shape index (κ3) is 4.05. The number of pyridine rings is 1. The number of nitrogens with one attached hydrogen (secondary N) is 2. The van der Waals surface area contributed by atoms with Crippen molar-refractivity contribution in [1.82, 2.24) is 4.98 Å². The van der Waals surface area contributed by atoms with Crippen LogP contribution < -0.4 is 15.4 Å². The van der Waals surface area contributed by atoms with E-state index in [9.17, 15) is 9.59 Å². The standard InChI is InChI=1S/C20H17N3O3/c1-26-16-8-4-6-14(12-16)19(24)23-18-10-3-2-9-17(18)20(25)22-15-7-5-11-21-13-15/h2-13H,1H3,(H,22,25)(H,23,24). The van der Waals surface area contributed by atoms with E-state index in [1.165, 1.54) is 7.11 Å². The third-order valence-electron chi connectivity index (χ3n) is 3.67. The predicted octanol–water partition coefficient (Wildman–Crippen LogP) is 3.59. The van der Waals surface area contributed by atoms with Crippen LogP contribution in [0.5, 0.6) is 5.75 Å². The second-order valence-corrected chi connectivity index (χ2v) is 5.43. The van der Waals surface area contributed by atoms with Gasteiger partial charge in [-0.3, -0.25) is 14.6 Å². The highest BCUT2D eigenvalue weighted by Gasteiger charge is 2.14. The van der Waals surface area contributed by atoms with Crippen LogP contribution in [0.1, 0.15) is 20.7 Å². The maximum Gasteiger partial charge on any atom is 0.257 e. The first-order chi connectivity index (χ1) is 12.7. The summed E-state index contributed by atoms with van der Waals surface area (Å²) in [6, 6.07) is 17.1. The largest absolute Gasteiger partial charge is 0.497 e. The normalized spacial score (nSPS) is 10.0. The van der Waals surface area contributed by atoms with Crippen molar-refractivity contribution < 1.29 is 14.3 Å². The van der Waals surface area contributed by atoms with Gasteiger partial charge in [0.15, 0.2) is 0 Å². The van der Waals surface area contributed by atoms with Crippen molar-refractivity contribution in [2.45, 2.75) is 0 Å². The highest BCUT2D eigenvalue weighted by Crippen LogP contribution is 2.19. The number of hydrogen-bond donors (Lipinski definition) is 2. The molecule has 0 atom stereocenters. The first kappa shape index (κ1) is 17.2. The van der Waals surface area contributed by atoms with Crippen LogP contribution in [0.25, 0.3) is 0 Å². The average Bonchev–Trinajstić information content (AvgIpc) is 2.69. The molecule has 2 N–H and O–H groups in total. The van der Waals surface area contributed by atoms with Crippen molar-refractivity contribution in [2.24, 2.45) is 0 Å². The van der Waals surface area contributed by atoms with Gasteiger partial charge in [-0.05, 0) is 42.5 Å². The summed E-state index contributed by atoms with van der Waals surface area (Å²) in [7, 11) is 1.54. The van der Waals surface area contributed by atoms with Crippen LogP contribution in [-0.2, 0) is 0 Å². The van der Waals surface area contributed by atoms with E-state index in [1.807, 2.05) is 0 Å². The molecule has 0 spiro atoms. The highest BCUT2D eigenvalue weighted by molar-refractivity contribution is 6.12. The van der Waals surface area contributed by atoms with Crippen molar-refractivity contribution in [2.75, 3.05) is 17.7 Å². The minimum absolute atomic E-state index is 0.328. The summed E-state index contributed by atoms with van der Waals surface area (Å²) in [5.74, 6) is -0.0784. The molecule has 0 aliphatic heterocycles. The molecule has 0 bridgehead atoms. The summed E-state index contributed by atoms with van der Waals surface area (Å²) >= 11 is 0. The number of carbonyl (C=O) groups excluding carboxylic acids is 2. The monoisotopic (exact) mass is 347 g/mol. The molecule has 1 heterocycles. The van der Waals surface area contributed by atoms with Crippen LogP contribution in [0.3, 0.4) is 0 Å². The molecule has 0 aliphatic rings. The lowest BCUT2D eigenvalue weighted by Gasteiger charge is -2.12. The van der Waals surface area contributed by atoms with Gasteiger partial charge in [0, 0.05) is 11.8 Å². The van der Waals surface area contributed by atoms with E-state index in [-0.39, 0.29) is 11.8 Å². The smallest absolute Gasteiger partial charge is 0.257 e. The Kier molecular flexibility index (Phi) is 5.24. The molecule has 0 aliphatic carbocycles. The Morgan fingerprint density at radius 2 is 1.77 bits per heavy atom. The fraction of sp³-hybridized carbons (Fsp3) is 0.0500. The van der Waals surface area contributed by atoms with Gasteiger partial charge in [0.2, 0.25) is 0 Å². The van der Waals surface area contributed by atoms with Crippen LogP contribution in [0.4, 0.5) is 11.4 Å². The molecule has 0 saturated carbocycles. The van der Waals surface area contributed by atoms with E-state index in [0.29, 0.717) is 28.3 Å². The van der Waals surface area contributed by atoms with Crippen LogP contribution in [0.15, 0.2) is 73.1 Å². The number of carbonyl (C=O) groups is 2. The topological polar surface area (TPSA) is 80.3 Å². The maximum absolute atomic E-state index is 12.5. The summed E-state index contributed by atoms with van der Waals surface area (Å²) in [5, 5.41) is 5.53. The van der Waals surface area contributed by atoms with Gasteiger partial charge >= 0.3 is 0 Å². The van der Waals surface area contributed by atoms with Gasteiger partial charge in [-0.25, -0.2) is 0 Å². The molecule has 3 rings (SSSR count). The lowest BCUT2D eigenvalue weighted by atomic mass is 10.1. The first-order valence-corrected chi connectivity index (χ1v) is 7.93. The van der Waals surface area contributed by atoms with E-state index in [4.69, 9.17) is 4.74 Å². The molecular weight excluding hydrogens is 330 g/mol. The summed E-state index contributed by atoms with van der Waals surface area (Å²) < 4.78 is 5.13. The molecule has 0 radical (unpaired) electrons. The van der Waals surface area contributed by atoms with E-state index in [1.54, 1.807) is 73.1 Å². The van der Waals surface area contributed by atoms with E-state index in [2.05, 4.69) is 15.6 Å². The molecule has 6 nitrogen and oxygen atoms in total. The summed E-state index contributed by atoms with van der Waals surface area (Å²) in [5.41, 5.74) is 1.78. The Balaban J connectivity index is 1.80. The minimum atomic E-state index is -0.334. The predicted molar refractivity (Wildman–Crippen MR) is 99.6 cm³/mol. The molecule has 3 aromatic rings. The number of benzene rings is 2. The maximum atomic E-state index is 12.5. The van der Waals surface area contributed by atoms with Gasteiger partial charge in [-0.1, -0.05) is 18.2 Å². The Labute approximate surface area is 150 Å². The number of para-hydroxylation sites is 1. The quantitative estimate of drug-likeness (QED) is 0.739. The van der Waals surface area contributed by atoms with E-state index >= 15 is 0 Å². The molecule has 6 heteroatoms. The number of anilines is 2. The molecule has 2 amide bonds. The van der Waals surface area contributed by atoms with Gasteiger partial charge in [-0.2, -0.15) is 0 Å². The first-order valence-electron chi connectivity index (χ1n) is 7.93. The Hall–Kier alpha value is -3.67. The fourth-order valence-electron chi connectivity index (χ4n) is 2.38. The fourth-order valence-corrected chi connectivity index (χ4v) is 2.38. The number of nitrogens with zero attached hydrogens (tertiary/aromatic N) is 1. The van der Waals surface area contributed by atoms with E-state index < -0.39 is 0 Å². The summed E-state index contributed by atoms with van der Waals surface area (Å²) in [6.45, 7) is 0. The zero-order chi connectivity index (χ0) is 18.4. The Bertz CT molecular complexity index is 926. The molecule has 2 aromatic carbocycles. The van der Waals surface area contributed by atoms with Gasteiger partial charge < -0.3 is 15.4 Å². The highest BCUT2D eigenvalue weighted by atomic mass is 16.5. The molecule has 1 aromatic heterocycles. The molecule has 130 valence electrons. The van der Waals surface area contributed by atoms with Crippen molar-refractivity contribution >= 4 is 23.2 Å². The Morgan fingerprint density at radius 1 is 0.923 bits per heavy atom. The second-order valence-electron chi connectivity index (χ2n) is 5.43. The number of rotatable bonds is 5. The number of ether oxygens (including phenoxy) is 1. The zero-order valence-electron chi connectivity index (χ0n) is 14.1. The second kappa shape index (κ2) is 7.94. The molecule has 0 fully saturated rings. The van der Waals surface area contributed by atoms with Crippen LogP contribution in [-0.4, -0.2) is 23.9 Å². The Morgan fingerprint density at radius 3 is 2.54 bits per heavy atom. The van der Waals surface area contributed by atoms with Crippen LogP contribution >= 0.6 is 0 Å². The average molecular weight is 347 g/mol. The number of methoxy groups -OCH3 is 1. The summed E-state index contributed by atoms with van der Waals surface area (Å²) in [4.78, 5) is 29.0. The zero-order valence-corrected chi connectivity index (χ0v) is 14.1. The van der Waals surface area contributed by atoms with E-state index in [0.717, 1.165) is 0 Å². The van der Waals surface area contributed by atoms with Gasteiger partial charge in [0.25, 0.3) is 11.8 Å². The number of hydrogen-bond acceptors (Lipinski definition) is 4. The summed E-state index contributed by atoms with van der Waals surface area (Å²) in [6.07, 6.45) is 3.17. The molecular formula is C20H17N3O3. The number of amides is 2. The molecule has 0 saturated heterocycles. The van der Waals surface area contributed by atoms with Crippen molar-refractivity contribution in [3.05, 3.63) is 84.2 Å². The minimum Gasteiger partial charge on any atom is -0.497 e. The molecule has 0 unspecified atom stereocenters. The van der Waals surface area contributed by atoms with Gasteiger partial charge in [0.1, 0.15) is 5.75 Å². The van der Waals surface area contributed by atoms with Crippen LogP contribution in [0.2, 0.25) is 0 Å². The van der Waals surface area contributed by atoms with Crippen molar-refractivity contribution in [1.29, 1.82) is 0 Å². The molecule has 26 heavy (non-hydrogen) atoms. The SMILES string of the molecule is COc1cccc(C(=O)Nc2ccccc2C(=O)Nc2cccnc2)c1. The van der Waals surface area contributed by atoms with Gasteiger partial charge in [0.05, 0.1) is 30.2 Å². The van der Waals surface area contributed by atoms with Crippen LogP contribution in [0, 0.1) is 0 Å². The van der Waals surface area contributed by atoms with Gasteiger partial charge in [-0.15, -0.1) is 0 Å².